The van der Waals surface area contributed by atoms with Gasteiger partial charge in [0.1, 0.15) is 0 Å². The Morgan fingerprint density at radius 3 is 2.65 bits per heavy atom. The minimum Gasteiger partial charge on any atom is -0.397 e. The summed E-state index contributed by atoms with van der Waals surface area (Å²) in [6, 6.07) is 5.50. The average Bonchev–Trinajstić information content (AvgIpc) is 2.92. The second-order valence-electron chi connectivity index (χ2n) is 7.19. The number of nitrogens with two attached hydrogens (primary N) is 1. The maximum Gasteiger partial charge on any atom is 0.224 e. The van der Waals surface area contributed by atoms with Crippen LogP contribution in [0.4, 0.5) is 17.1 Å². The van der Waals surface area contributed by atoms with Crippen molar-refractivity contribution in [1.82, 2.24) is 0 Å². The molecule has 1 fully saturated rings. The molecule has 0 spiro atoms. The van der Waals surface area contributed by atoms with Crippen molar-refractivity contribution < 1.29 is 9.90 Å². The number of amides is 1. The van der Waals surface area contributed by atoms with Gasteiger partial charge in [0.05, 0.1) is 17.0 Å². The molecule has 2 rings (SSSR count). The van der Waals surface area contributed by atoms with E-state index in [0.717, 1.165) is 11.4 Å². The summed E-state index contributed by atoms with van der Waals surface area (Å²) >= 11 is 0. The molecule has 1 aliphatic carbocycles. The highest BCUT2D eigenvalue weighted by molar-refractivity contribution is 5.92. The van der Waals surface area contributed by atoms with Crippen molar-refractivity contribution in [2.24, 2.45) is 5.92 Å². The molecule has 0 radical (unpaired) electrons. The van der Waals surface area contributed by atoms with Crippen molar-refractivity contribution in [2.75, 3.05) is 22.9 Å². The average molecular weight is 319 g/mol. The first-order valence-corrected chi connectivity index (χ1v) is 8.49. The molecule has 0 atom stereocenters. The van der Waals surface area contributed by atoms with E-state index in [1.165, 1.54) is 25.7 Å². The van der Waals surface area contributed by atoms with Gasteiger partial charge in [0.15, 0.2) is 0 Å². The van der Waals surface area contributed by atoms with Gasteiger partial charge in [-0.1, -0.05) is 12.8 Å². The minimum absolute atomic E-state index is 0.0686. The summed E-state index contributed by atoms with van der Waals surface area (Å²) < 4.78 is 0. The molecule has 1 aliphatic rings. The fourth-order valence-corrected chi connectivity index (χ4v) is 2.99. The van der Waals surface area contributed by atoms with E-state index in [1.54, 1.807) is 19.9 Å². The summed E-state index contributed by atoms with van der Waals surface area (Å²) in [5.41, 5.74) is 7.49. The molecule has 0 heterocycles. The summed E-state index contributed by atoms with van der Waals surface area (Å²) in [5, 5.41) is 15.8. The number of carbonyl (C=O) groups excluding carboxylic acids is 1. The van der Waals surface area contributed by atoms with Crippen LogP contribution in [0.2, 0.25) is 0 Å². The van der Waals surface area contributed by atoms with Crippen LogP contribution in [0.3, 0.4) is 0 Å². The standard InChI is InChI=1S/C18H29N3O2/c1-18(2,23)9-10-20-16-8-7-14(12-15(16)19)21-17(22)11-13-5-3-4-6-13/h7-8,12-13,20,23H,3-6,9-11,19H2,1-2H3,(H,21,22). The normalized spacial score (nSPS) is 15.6. The Kier molecular flexibility index (Phi) is 5.88. The van der Waals surface area contributed by atoms with Crippen molar-refractivity contribution in [3.8, 4) is 0 Å². The first-order chi connectivity index (χ1) is 10.8. The molecule has 5 nitrogen and oxygen atoms in total. The third-order valence-electron chi connectivity index (χ3n) is 4.34. The molecular weight excluding hydrogens is 290 g/mol. The molecule has 1 amide bonds. The highest BCUT2D eigenvalue weighted by Gasteiger charge is 2.18. The van der Waals surface area contributed by atoms with Gasteiger partial charge in [0.25, 0.3) is 0 Å². The lowest BCUT2D eigenvalue weighted by atomic mass is 10.0. The molecule has 1 aromatic rings. The van der Waals surface area contributed by atoms with Crippen molar-refractivity contribution in [1.29, 1.82) is 0 Å². The van der Waals surface area contributed by atoms with Gasteiger partial charge in [-0.3, -0.25) is 4.79 Å². The van der Waals surface area contributed by atoms with Crippen LogP contribution in [0.25, 0.3) is 0 Å². The van der Waals surface area contributed by atoms with Gasteiger partial charge in [0.2, 0.25) is 5.91 Å². The molecule has 0 bridgehead atoms. The first-order valence-electron chi connectivity index (χ1n) is 8.49. The van der Waals surface area contributed by atoms with E-state index < -0.39 is 5.60 Å². The van der Waals surface area contributed by atoms with Gasteiger partial charge in [-0.2, -0.15) is 0 Å². The highest BCUT2D eigenvalue weighted by Crippen LogP contribution is 2.28. The van der Waals surface area contributed by atoms with E-state index in [-0.39, 0.29) is 5.91 Å². The summed E-state index contributed by atoms with van der Waals surface area (Å²) in [6.45, 7) is 4.20. The van der Waals surface area contributed by atoms with Crippen molar-refractivity contribution >= 4 is 23.0 Å². The van der Waals surface area contributed by atoms with E-state index >= 15 is 0 Å². The second kappa shape index (κ2) is 7.68. The molecule has 0 unspecified atom stereocenters. The topological polar surface area (TPSA) is 87.4 Å². The van der Waals surface area contributed by atoms with Gasteiger partial charge >= 0.3 is 0 Å². The fourth-order valence-electron chi connectivity index (χ4n) is 2.99. The van der Waals surface area contributed by atoms with E-state index in [0.29, 0.717) is 31.0 Å². The fraction of sp³-hybridized carbons (Fsp3) is 0.611. The van der Waals surface area contributed by atoms with Crippen LogP contribution >= 0.6 is 0 Å². The van der Waals surface area contributed by atoms with Crippen LogP contribution in [-0.4, -0.2) is 23.2 Å². The Morgan fingerprint density at radius 2 is 2.04 bits per heavy atom. The molecule has 0 aliphatic heterocycles. The number of aliphatic hydroxyl groups is 1. The van der Waals surface area contributed by atoms with Crippen LogP contribution in [0, 0.1) is 5.92 Å². The van der Waals surface area contributed by atoms with Gasteiger partial charge in [-0.15, -0.1) is 0 Å². The molecule has 128 valence electrons. The SMILES string of the molecule is CC(C)(O)CCNc1ccc(NC(=O)CC2CCCC2)cc1N. The Labute approximate surface area is 138 Å². The number of benzene rings is 1. The number of carbonyl (C=O) groups is 1. The minimum atomic E-state index is -0.698. The van der Waals surface area contributed by atoms with Crippen LogP contribution in [-0.2, 0) is 4.79 Å². The highest BCUT2D eigenvalue weighted by atomic mass is 16.3. The largest absolute Gasteiger partial charge is 0.397 e. The first kappa shape index (κ1) is 17.6. The number of hydrogen-bond donors (Lipinski definition) is 4. The summed E-state index contributed by atoms with van der Waals surface area (Å²) in [5.74, 6) is 0.606. The summed E-state index contributed by atoms with van der Waals surface area (Å²) in [4.78, 5) is 12.1. The maximum atomic E-state index is 12.1. The van der Waals surface area contributed by atoms with Crippen LogP contribution in [0.15, 0.2) is 18.2 Å². The van der Waals surface area contributed by atoms with Gasteiger partial charge in [0, 0.05) is 18.7 Å². The van der Waals surface area contributed by atoms with Gasteiger partial charge < -0.3 is 21.5 Å². The molecule has 0 saturated heterocycles. The number of rotatable bonds is 7. The van der Waals surface area contributed by atoms with Gasteiger partial charge in [-0.05, 0) is 57.2 Å². The lowest BCUT2D eigenvalue weighted by Gasteiger charge is -2.18. The number of hydrogen-bond acceptors (Lipinski definition) is 4. The van der Waals surface area contributed by atoms with E-state index in [2.05, 4.69) is 10.6 Å². The van der Waals surface area contributed by atoms with Gasteiger partial charge in [-0.25, -0.2) is 0 Å². The third-order valence-corrected chi connectivity index (χ3v) is 4.34. The van der Waals surface area contributed by atoms with E-state index in [1.807, 2.05) is 12.1 Å². The Balaban J connectivity index is 1.84. The quantitative estimate of drug-likeness (QED) is 0.580. The zero-order chi connectivity index (χ0) is 16.9. The predicted molar refractivity (Wildman–Crippen MR) is 95.5 cm³/mol. The molecule has 1 saturated carbocycles. The summed E-state index contributed by atoms with van der Waals surface area (Å²) in [6.07, 6.45) is 6.06. The van der Waals surface area contributed by atoms with Crippen molar-refractivity contribution in [2.45, 2.75) is 58.0 Å². The lowest BCUT2D eigenvalue weighted by molar-refractivity contribution is -0.117. The number of nitrogens with one attached hydrogen (secondary N) is 2. The zero-order valence-electron chi connectivity index (χ0n) is 14.2. The molecule has 5 N–H and O–H groups in total. The molecule has 23 heavy (non-hydrogen) atoms. The van der Waals surface area contributed by atoms with Crippen LogP contribution in [0.1, 0.15) is 52.4 Å². The van der Waals surface area contributed by atoms with Crippen molar-refractivity contribution in [3.63, 3.8) is 0 Å². The lowest BCUT2D eigenvalue weighted by Crippen LogP contribution is -2.22. The summed E-state index contributed by atoms with van der Waals surface area (Å²) in [7, 11) is 0. The Morgan fingerprint density at radius 1 is 1.35 bits per heavy atom. The second-order valence-corrected chi connectivity index (χ2v) is 7.19. The van der Waals surface area contributed by atoms with Crippen LogP contribution < -0.4 is 16.4 Å². The third kappa shape index (κ3) is 6.10. The predicted octanol–water partition coefficient (Wildman–Crippen LogP) is 3.36. The Bertz CT molecular complexity index is 532. The van der Waals surface area contributed by atoms with Crippen molar-refractivity contribution in [3.05, 3.63) is 18.2 Å². The number of anilines is 3. The van der Waals surface area contributed by atoms with E-state index in [4.69, 9.17) is 5.73 Å². The maximum absolute atomic E-state index is 12.1. The zero-order valence-corrected chi connectivity index (χ0v) is 14.2. The number of nitrogen functional groups attached to an aromatic ring is 1. The van der Waals surface area contributed by atoms with E-state index in [9.17, 15) is 9.90 Å². The molecular formula is C18H29N3O2. The smallest absolute Gasteiger partial charge is 0.224 e. The van der Waals surface area contributed by atoms with Crippen LogP contribution in [0.5, 0.6) is 0 Å². The Hall–Kier alpha value is -1.75. The monoisotopic (exact) mass is 319 g/mol. The molecule has 5 heteroatoms. The molecule has 0 aromatic heterocycles. The molecule has 1 aromatic carbocycles.